The van der Waals surface area contributed by atoms with E-state index in [0.29, 0.717) is 0 Å². The number of amides is 1. The predicted molar refractivity (Wildman–Crippen MR) is 74.8 cm³/mol. The summed E-state index contributed by atoms with van der Waals surface area (Å²) in [5.74, 6) is 0.280. The standard InChI is InChI=1S/C15H22N2O/c1-3-13-5-7-14(8-6-13)17-10-4-9-16-11-12(2)15(17)18/h5-8,12,16H,3-4,9-11H2,1-2H3. The van der Waals surface area contributed by atoms with E-state index in [1.807, 2.05) is 11.8 Å². The molecule has 1 aromatic carbocycles. The number of benzene rings is 1. The second kappa shape index (κ2) is 6.01. The summed E-state index contributed by atoms with van der Waals surface area (Å²) in [7, 11) is 0. The molecule has 1 aliphatic rings. The minimum absolute atomic E-state index is 0.0520. The Morgan fingerprint density at radius 1 is 1.33 bits per heavy atom. The molecule has 1 heterocycles. The first-order valence-corrected chi connectivity index (χ1v) is 6.83. The fourth-order valence-corrected chi connectivity index (χ4v) is 2.31. The Balaban J connectivity index is 2.19. The number of rotatable bonds is 2. The van der Waals surface area contributed by atoms with Crippen LogP contribution in [-0.2, 0) is 11.2 Å². The summed E-state index contributed by atoms with van der Waals surface area (Å²) in [6.45, 7) is 6.71. The van der Waals surface area contributed by atoms with Gasteiger partial charge in [-0.05, 0) is 37.1 Å². The molecule has 0 aromatic heterocycles. The Bertz CT molecular complexity index is 399. The lowest BCUT2D eigenvalue weighted by Crippen LogP contribution is -2.43. The fraction of sp³-hybridized carbons (Fsp3) is 0.533. The first kappa shape index (κ1) is 13.1. The van der Waals surface area contributed by atoms with Gasteiger partial charge in [-0.3, -0.25) is 4.79 Å². The summed E-state index contributed by atoms with van der Waals surface area (Å²) in [5, 5.41) is 3.31. The highest BCUT2D eigenvalue weighted by molar-refractivity contribution is 5.95. The zero-order chi connectivity index (χ0) is 13.0. The number of anilines is 1. The van der Waals surface area contributed by atoms with Crippen LogP contribution in [-0.4, -0.2) is 25.5 Å². The van der Waals surface area contributed by atoms with Crippen LogP contribution in [0.15, 0.2) is 24.3 Å². The summed E-state index contributed by atoms with van der Waals surface area (Å²) >= 11 is 0. The van der Waals surface area contributed by atoms with Gasteiger partial charge in [-0.15, -0.1) is 0 Å². The second-order valence-electron chi connectivity index (χ2n) is 4.97. The van der Waals surface area contributed by atoms with Gasteiger partial charge in [-0.25, -0.2) is 0 Å². The smallest absolute Gasteiger partial charge is 0.231 e. The fourth-order valence-electron chi connectivity index (χ4n) is 2.31. The molecule has 1 atom stereocenters. The van der Waals surface area contributed by atoms with Crippen LogP contribution in [0.25, 0.3) is 0 Å². The van der Waals surface area contributed by atoms with E-state index in [-0.39, 0.29) is 11.8 Å². The third-order valence-corrected chi connectivity index (χ3v) is 3.53. The monoisotopic (exact) mass is 246 g/mol. The van der Waals surface area contributed by atoms with Gasteiger partial charge < -0.3 is 10.2 Å². The SMILES string of the molecule is CCc1ccc(N2CCCNCC(C)C2=O)cc1. The van der Waals surface area contributed by atoms with Crippen LogP contribution in [0.4, 0.5) is 5.69 Å². The van der Waals surface area contributed by atoms with Crippen LogP contribution in [0.2, 0.25) is 0 Å². The number of nitrogens with one attached hydrogen (secondary N) is 1. The van der Waals surface area contributed by atoms with Crippen LogP contribution < -0.4 is 10.2 Å². The van der Waals surface area contributed by atoms with Crippen LogP contribution in [0.5, 0.6) is 0 Å². The van der Waals surface area contributed by atoms with E-state index in [2.05, 4.69) is 36.5 Å². The molecule has 1 aliphatic heterocycles. The third-order valence-electron chi connectivity index (χ3n) is 3.53. The highest BCUT2D eigenvalue weighted by atomic mass is 16.2. The van der Waals surface area contributed by atoms with Crippen molar-refractivity contribution in [3.63, 3.8) is 0 Å². The molecule has 98 valence electrons. The van der Waals surface area contributed by atoms with Crippen molar-refractivity contribution in [3.05, 3.63) is 29.8 Å². The quantitative estimate of drug-likeness (QED) is 0.867. The lowest BCUT2D eigenvalue weighted by atomic mass is 10.1. The molecule has 1 N–H and O–H groups in total. The van der Waals surface area contributed by atoms with Gasteiger partial charge in [0.05, 0.1) is 0 Å². The van der Waals surface area contributed by atoms with Gasteiger partial charge in [0, 0.05) is 24.7 Å². The molecule has 0 bridgehead atoms. The van der Waals surface area contributed by atoms with Crippen LogP contribution >= 0.6 is 0 Å². The Hall–Kier alpha value is -1.35. The molecule has 1 aromatic rings. The van der Waals surface area contributed by atoms with E-state index >= 15 is 0 Å². The molecule has 0 saturated carbocycles. The van der Waals surface area contributed by atoms with Gasteiger partial charge in [0.25, 0.3) is 0 Å². The van der Waals surface area contributed by atoms with Crippen molar-refractivity contribution < 1.29 is 4.79 Å². The zero-order valence-corrected chi connectivity index (χ0v) is 11.3. The summed E-state index contributed by atoms with van der Waals surface area (Å²) in [5.41, 5.74) is 2.35. The Kier molecular flexibility index (Phi) is 4.37. The minimum Gasteiger partial charge on any atom is -0.316 e. The average molecular weight is 246 g/mol. The molecule has 0 spiro atoms. The molecule has 3 nitrogen and oxygen atoms in total. The summed E-state index contributed by atoms with van der Waals surface area (Å²) < 4.78 is 0. The first-order valence-electron chi connectivity index (χ1n) is 6.83. The van der Waals surface area contributed by atoms with Gasteiger partial charge >= 0.3 is 0 Å². The molecule has 18 heavy (non-hydrogen) atoms. The van der Waals surface area contributed by atoms with Crippen molar-refractivity contribution in [2.24, 2.45) is 5.92 Å². The maximum Gasteiger partial charge on any atom is 0.231 e. The van der Waals surface area contributed by atoms with Gasteiger partial charge in [-0.2, -0.15) is 0 Å². The lowest BCUT2D eigenvalue weighted by molar-refractivity contribution is -0.122. The summed E-state index contributed by atoms with van der Waals surface area (Å²) in [4.78, 5) is 14.3. The Morgan fingerprint density at radius 2 is 2.06 bits per heavy atom. The van der Waals surface area contributed by atoms with E-state index in [0.717, 1.165) is 38.2 Å². The average Bonchev–Trinajstić information content (AvgIpc) is 2.40. The highest BCUT2D eigenvalue weighted by Crippen LogP contribution is 2.19. The number of hydrogen-bond donors (Lipinski definition) is 1. The van der Waals surface area contributed by atoms with E-state index in [4.69, 9.17) is 0 Å². The molecule has 3 heteroatoms. The van der Waals surface area contributed by atoms with Crippen molar-refractivity contribution >= 4 is 11.6 Å². The molecule has 0 radical (unpaired) electrons. The van der Waals surface area contributed by atoms with Crippen molar-refractivity contribution in [2.45, 2.75) is 26.7 Å². The van der Waals surface area contributed by atoms with Gasteiger partial charge in [-0.1, -0.05) is 26.0 Å². The number of hydrogen-bond acceptors (Lipinski definition) is 2. The zero-order valence-electron chi connectivity index (χ0n) is 11.3. The largest absolute Gasteiger partial charge is 0.316 e. The molecular formula is C15H22N2O. The van der Waals surface area contributed by atoms with Crippen molar-refractivity contribution in [3.8, 4) is 0 Å². The number of carbonyl (C=O) groups is 1. The van der Waals surface area contributed by atoms with Crippen molar-refractivity contribution in [2.75, 3.05) is 24.5 Å². The molecule has 1 saturated heterocycles. The van der Waals surface area contributed by atoms with Gasteiger partial charge in [0.2, 0.25) is 5.91 Å². The lowest BCUT2D eigenvalue weighted by Gasteiger charge is -2.28. The summed E-state index contributed by atoms with van der Waals surface area (Å²) in [6.07, 6.45) is 2.04. The van der Waals surface area contributed by atoms with E-state index in [1.54, 1.807) is 0 Å². The molecule has 1 unspecified atom stereocenters. The normalized spacial score (nSPS) is 21.6. The molecule has 1 fully saturated rings. The van der Waals surface area contributed by atoms with Crippen molar-refractivity contribution in [1.29, 1.82) is 0 Å². The van der Waals surface area contributed by atoms with Crippen molar-refractivity contribution in [1.82, 2.24) is 5.32 Å². The van der Waals surface area contributed by atoms with E-state index in [1.165, 1.54) is 5.56 Å². The van der Waals surface area contributed by atoms with E-state index in [9.17, 15) is 4.79 Å². The second-order valence-corrected chi connectivity index (χ2v) is 4.97. The number of aryl methyl sites for hydroxylation is 1. The summed E-state index contributed by atoms with van der Waals surface area (Å²) in [6, 6.07) is 8.37. The maximum atomic E-state index is 12.3. The molecule has 2 rings (SSSR count). The number of carbonyl (C=O) groups excluding carboxylic acids is 1. The third kappa shape index (κ3) is 2.91. The van der Waals surface area contributed by atoms with Gasteiger partial charge in [0.15, 0.2) is 0 Å². The predicted octanol–water partition coefficient (Wildman–Crippen LogP) is 2.21. The van der Waals surface area contributed by atoms with Crippen LogP contribution in [0, 0.1) is 5.92 Å². The number of nitrogens with zero attached hydrogens (tertiary/aromatic N) is 1. The van der Waals surface area contributed by atoms with Gasteiger partial charge in [0.1, 0.15) is 0 Å². The first-order chi connectivity index (χ1) is 8.72. The maximum absolute atomic E-state index is 12.3. The topological polar surface area (TPSA) is 32.3 Å². The minimum atomic E-state index is 0.0520. The van der Waals surface area contributed by atoms with Crippen LogP contribution in [0.1, 0.15) is 25.8 Å². The highest BCUT2D eigenvalue weighted by Gasteiger charge is 2.23. The van der Waals surface area contributed by atoms with E-state index < -0.39 is 0 Å². The molecule has 1 amide bonds. The van der Waals surface area contributed by atoms with Crippen LogP contribution in [0.3, 0.4) is 0 Å². The Morgan fingerprint density at radius 3 is 2.72 bits per heavy atom. The molecule has 0 aliphatic carbocycles. The Labute approximate surface area is 109 Å². The molecular weight excluding hydrogens is 224 g/mol.